The molecule has 4 N–H and O–H groups in total. The molecule has 0 atom stereocenters. The molecule has 1 rings (SSSR count). The van der Waals surface area contributed by atoms with Crippen LogP contribution in [0.25, 0.3) is 0 Å². The number of aryl methyl sites for hydroxylation is 1. The number of nitrogens with one attached hydrogen (secondary N) is 2. The average Bonchev–Trinajstić information content (AvgIpc) is 2.44. The lowest BCUT2D eigenvalue weighted by Gasteiger charge is -2.21. The molecular weight excluding hydrogens is 282 g/mol. The number of nitrogens with two attached hydrogens (primary N) is 1. The van der Waals surface area contributed by atoms with Gasteiger partial charge in [-0.1, -0.05) is 0 Å². The predicted molar refractivity (Wildman–Crippen MR) is 52.0 cm³/mol. The maximum atomic E-state index is 12.2. The summed E-state index contributed by atoms with van der Waals surface area (Å²) < 4.78 is 73.4. The van der Waals surface area contributed by atoms with Crippen LogP contribution in [0.4, 0.5) is 37.8 Å². The highest BCUT2D eigenvalue weighted by atomic mass is 19.4. The molecule has 19 heavy (non-hydrogen) atoms. The van der Waals surface area contributed by atoms with Crippen LogP contribution in [0, 0.1) is 12.8 Å². The number of hydrogen-bond donors (Lipinski definition) is 3. The van der Waals surface area contributed by atoms with E-state index in [0.29, 0.717) is 0 Å². The lowest BCUT2D eigenvalue weighted by atomic mass is 10.1. The summed E-state index contributed by atoms with van der Waals surface area (Å²) in [6.07, 6.45) is -11.5. The van der Waals surface area contributed by atoms with Crippen LogP contribution in [-0.4, -0.2) is 28.5 Å². The molecule has 0 bridgehead atoms. The summed E-state index contributed by atoms with van der Waals surface area (Å²) in [7, 11) is 0. The van der Waals surface area contributed by atoms with Gasteiger partial charge in [0.05, 0.1) is 11.4 Å². The van der Waals surface area contributed by atoms with Crippen molar-refractivity contribution in [1.82, 2.24) is 10.2 Å². The normalized spacial score (nSPS) is 12.8. The van der Waals surface area contributed by atoms with Gasteiger partial charge in [0, 0.05) is 0 Å². The lowest BCUT2D eigenvalue weighted by molar-refractivity contribution is -0.272. The van der Waals surface area contributed by atoms with Crippen LogP contribution in [-0.2, 0) is 4.79 Å². The monoisotopic (exact) mass is 290 g/mol. The fourth-order valence-corrected chi connectivity index (χ4v) is 1.20. The van der Waals surface area contributed by atoms with Gasteiger partial charge in [-0.2, -0.15) is 31.4 Å². The topological polar surface area (TPSA) is 83.8 Å². The van der Waals surface area contributed by atoms with Crippen molar-refractivity contribution in [3.8, 4) is 0 Å². The van der Waals surface area contributed by atoms with Crippen molar-refractivity contribution in [2.75, 3.05) is 11.1 Å². The number of H-pyrrole nitrogens is 1. The van der Waals surface area contributed by atoms with Crippen molar-refractivity contribution in [2.24, 2.45) is 5.92 Å². The standard InChI is InChI=1S/C8H8F6N4O/c1-2-3(15)5(18-17-2)16-6(19)4(7(9,10)11)8(12,13)14/h4H,15H2,1H3,(H2,16,17,18,19). The second kappa shape index (κ2) is 4.63. The quantitative estimate of drug-likeness (QED) is 0.728. The van der Waals surface area contributed by atoms with E-state index in [1.165, 1.54) is 12.2 Å². The summed E-state index contributed by atoms with van der Waals surface area (Å²) in [5.74, 6) is -7.02. The lowest BCUT2D eigenvalue weighted by Crippen LogP contribution is -2.45. The summed E-state index contributed by atoms with van der Waals surface area (Å²) in [4.78, 5) is 11.1. The largest absolute Gasteiger partial charge is 0.409 e. The van der Waals surface area contributed by atoms with Gasteiger partial charge >= 0.3 is 12.4 Å². The molecule has 0 aliphatic carbocycles. The first-order valence-electron chi connectivity index (χ1n) is 4.69. The van der Waals surface area contributed by atoms with Crippen LogP contribution in [0.2, 0.25) is 0 Å². The minimum atomic E-state index is -5.76. The third-order valence-corrected chi connectivity index (χ3v) is 2.15. The van der Waals surface area contributed by atoms with E-state index in [1.54, 1.807) is 0 Å². The molecule has 1 aromatic heterocycles. The van der Waals surface area contributed by atoms with E-state index in [4.69, 9.17) is 5.73 Å². The number of anilines is 2. The second-order valence-corrected chi connectivity index (χ2v) is 3.62. The Morgan fingerprint density at radius 2 is 1.74 bits per heavy atom. The van der Waals surface area contributed by atoms with Crippen LogP contribution >= 0.6 is 0 Å². The van der Waals surface area contributed by atoms with Crippen molar-refractivity contribution in [3.05, 3.63) is 5.69 Å². The third kappa shape index (κ3) is 3.29. The second-order valence-electron chi connectivity index (χ2n) is 3.62. The Bertz CT molecular complexity index is 463. The molecule has 0 radical (unpaired) electrons. The van der Waals surface area contributed by atoms with Crippen LogP contribution in [0.1, 0.15) is 5.69 Å². The molecule has 0 aliphatic rings. The Labute approximate surface area is 102 Å². The highest BCUT2D eigenvalue weighted by Gasteiger charge is 2.61. The van der Waals surface area contributed by atoms with Gasteiger partial charge in [-0.15, -0.1) is 0 Å². The molecule has 0 saturated heterocycles. The molecule has 0 aromatic carbocycles. The number of halogens is 6. The maximum absolute atomic E-state index is 12.2. The molecule has 0 spiro atoms. The maximum Gasteiger partial charge on any atom is 0.409 e. The van der Waals surface area contributed by atoms with E-state index in [0.717, 1.165) is 0 Å². The minimum absolute atomic E-state index is 0.200. The molecule has 5 nitrogen and oxygen atoms in total. The van der Waals surface area contributed by atoms with E-state index >= 15 is 0 Å². The number of nitrogen functional groups attached to an aromatic ring is 1. The van der Waals surface area contributed by atoms with Gasteiger partial charge in [0.1, 0.15) is 0 Å². The number of hydrogen-bond acceptors (Lipinski definition) is 3. The van der Waals surface area contributed by atoms with E-state index in [9.17, 15) is 31.1 Å². The van der Waals surface area contributed by atoms with Crippen molar-refractivity contribution in [3.63, 3.8) is 0 Å². The van der Waals surface area contributed by atoms with Crippen LogP contribution < -0.4 is 11.1 Å². The Morgan fingerprint density at radius 3 is 2.05 bits per heavy atom. The third-order valence-electron chi connectivity index (χ3n) is 2.15. The summed E-state index contributed by atoms with van der Waals surface area (Å²) >= 11 is 0. The molecule has 1 amide bonds. The molecular formula is C8H8F6N4O. The fourth-order valence-electron chi connectivity index (χ4n) is 1.20. The average molecular weight is 290 g/mol. The van der Waals surface area contributed by atoms with Crippen LogP contribution in [0.15, 0.2) is 0 Å². The van der Waals surface area contributed by atoms with E-state index in [2.05, 4.69) is 10.2 Å². The smallest absolute Gasteiger partial charge is 0.394 e. The zero-order valence-corrected chi connectivity index (χ0v) is 9.28. The highest BCUT2D eigenvalue weighted by molar-refractivity contribution is 5.95. The Balaban J connectivity index is 3.00. The van der Waals surface area contributed by atoms with E-state index < -0.39 is 30.0 Å². The first-order valence-corrected chi connectivity index (χ1v) is 4.69. The van der Waals surface area contributed by atoms with E-state index in [-0.39, 0.29) is 11.4 Å². The number of alkyl halides is 6. The van der Waals surface area contributed by atoms with Gasteiger partial charge in [0.2, 0.25) is 11.8 Å². The van der Waals surface area contributed by atoms with Gasteiger partial charge in [-0.3, -0.25) is 9.89 Å². The summed E-state index contributed by atoms with van der Waals surface area (Å²) in [5.41, 5.74) is 5.26. The minimum Gasteiger partial charge on any atom is -0.394 e. The SMILES string of the molecule is Cc1[nH]nc(NC(=O)C(C(F)(F)F)C(F)(F)F)c1N. The molecule has 1 heterocycles. The Hall–Kier alpha value is -1.94. The Kier molecular flexibility index (Phi) is 3.68. The number of aromatic amines is 1. The van der Waals surface area contributed by atoms with Crippen LogP contribution in [0.5, 0.6) is 0 Å². The first kappa shape index (κ1) is 15.1. The number of rotatable bonds is 2. The number of amides is 1. The molecule has 1 aromatic rings. The number of carbonyl (C=O) groups is 1. The number of carbonyl (C=O) groups excluding carboxylic acids is 1. The van der Waals surface area contributed by atoms with Gasteiger partial charge < -0.3 is 11.1 Å². The fraction of sp³-hybridized carbons (Fsp3) is 0.500. The van der Waals surface area contributed by atoms with Crippen LogP contribution in [0.3, 0.4) is 0 Å². The predicted octanol–water partition coefficient (Wildman–Crippen LogP) is 1.98. The zero-order chi connectivity index (χ0) is 15.0. The molecule has 108 valence electrons. The first-order chi connectivity index (χ1) is 8.44. The van der Waals surface area contributed by atoms with E-state index in [1.807, 2.05) is 0 Å². The molecule has 0 unspecified atom stereocenters. The number of nitrogens with zero attached hydrogens (tertiary/aromatic N) is 1. The highest BCUT2D eigenvalue weighted by Crippen LogP contribution is 2.40. The van der Waals surface area contributed by atoms with Crippen molar-refractivity contribution in [1.29, 1.82) is 0 Å². The van der Waals surface area contributed by atoms with Gasteiger partial charge in [-0.25, -0.2) is 0 Å². The summed E-state index contributed by atoms with van der Waals surface area (Å²) in [5, 5.41) is 6.89. The van der Waals surface area contributed by atoms with Gasteiger partial charge in [0.25, 0.3) is 0 Å². The van der Waals surface area contributed by atoms with Crippen molar-refractivity contribution in [2.45, 2.75) is 19.3 Å². The van der Waals surface area contributed by atoms with Gasteiger partial charge in [-0.05, 0) is 6.92 Å². The zero-order valence-electron chi connectivity index (χ0n) is 9.28. The summed E-state index contributed by atoms with van der Waals surface area (Å²) in [6.45, 7) is 1.38. The van der Waals surface area contributed by atoms with Crippen molar-refractivity contribution < 1.29 is 31.1 Å². The molecule has 0 saturated carbocycles. The summed E-state index contributed by atoms with van der Waals surface area (Å²) in [6, 6.07) is 0. The van der Waals surface area contributed by atoms with Gasteiger partial charge in [0.15, 0.2) is 5.82 Å². The molecule has 0 aliphatic heterocycles. The Morgan fingerprint density at radius 1 is 1.26 bits per heavy atom. The number of aromatic nitrogens is 2. The van der Waals surface area contributed by atoms with Crippen molar-refractivity contribution >= 4 is 17.4 Å². The molecule has 11 heteroatoms. The molecule has 0 fully saturated rings.